The van der Waals surface area contributed by atoms with E-state index in [0.717, 1.165) is 19.4 Å². The number of hydrogen-bond donors (Lipinski definition) is 1. The second-order valence-corrected chi connectivity index (χ2v) is 4.99. The molecule has 2 rings (SSSR count). The van der Waals surface area contributed by atoms with Crippen LogP contribution in [0.25, 0.3) is 0 Å². The number of amides is 1. The summed E-state index contributed by atoms with van der Waals surface area (Å²) in [5.41, 5.74) is 1.09. The van der Waals surface area contributed by atoms with Crippen molar-refractivity contribution in [3.63, 3.8) is 0 Å². The van der Waals surface area contributed by atoms with Crippen LogP contribution in [-0.2, 0) is 4.79 Å². The van der Waals surface area contributed by atoms with Gasteiger partial charge in [0.1, 0.15) is 6.07 Å². The van der Waals surface area contributed by atoms with Crippen LogP contribution in [-0.4, -0.2) is 25.0 Å². The summed E-state index contributed by atoms with van der Waals surface area (Å²) >= 11 is 5.96. The van der Waals surface area contributed by atoms with Crippen molar-refractivity contribution in [3.05, 3.63) is 28.8 Å². The van der Waals surface area contributed by atoms with Crippen LogP contribution in [0.3, 0.4) is 0 Å². The molecule has 1 unspecified atom stereocenters. The van der Waals surface area contributed by atoms with Crippen LogP contribution < -0.4 is 10.2 Å². The Morgan fingerprint density at radius 2 is 2.37 bits per heavy atom. The lowest BCUT2D eigenvalue weighted by molar-refractivity contribution is -0.118. The molecule has 1 amide bonds. The van der Waals surface area contributed by atoms with Gasteiger partial charge in [-0.25, -0.2) is 0 Å². The summed E-state index contributed by atoms with van der Waals surface area (Å²) in [5.74, 6) is 0.0206. The van der Waals surface area contributed by atoms with Gasteiger partial charge in [0.15, 0.2) is 0 Å². The van der Waals surface area contributed by atoms with Gasteiger partial charge in [-0.05, 0) is 37.6 Å². The van der Waals surface area contributed by atoms with E-state index < -0.39 is 0 Å². The van der Waals surface area contributed by atoms with E-state index in [1.54, 1.807) is 23.1 Å². The highest BCUT2D eigenvalue weighted by Crippen LogP contribution is 2.28. The van der Waals surface area contributed by atoms with E-state index in [-0.39, 0.29) is 11.9 Å². The van der Waals surface area contributed by atoms with E-state index in [9.17, 15) is 4.79 Å². The number of hydrogen-bond acceptors (Lipinski definition) is 3. The summed E-state index contributed by atoms with van der Waals surface area (Å²) in [7, 11) is 0. The maximum absolute atomic E-state index is 12.3. The molecular formula is C14H16ClN3O. The van der Waals surface area contributed by atoms with Crippen LogP contribution >= 0.6 is 11.6 Å². The molecule has 1 aliphatic heterocycles. The molecule has 19 heavy (non-hydrogen) atoms. The van der Waals surface area contributed by atoms with E-state index in [0.29, 0.717) is 22.8 Å². The van der Waals surface area contributed by atoms with E-state index >= 15 is 0 Å². The quantitative estimate of drug-likeness (QED) is 0.919. The number of carbonyl (C=O) groups is 1. The molecule has 1 aromatic rings. The first-order chi connectivity index (χ1) is 9.17. The lowest BCUT2D eigenvalue weighted by Gasteiger charge is -2.18. The zero-order valence-electron chi connectivity index (χ0n) is 10.8. The smallest absolute Gasteiger partial charge is 0.244 e. The Bertz CT molecular complexity index is 524. The Hall–Kier alpha value is -1.57. The number of benzene rings is 1. The third kappa shape index (κ3) is 2.89. The summed E-state index contributed by atoms with van der Waals surface area (Å²) in [6.45, 7) is 3.51. The van der Waals surface area contributed by atoms with Gasteiger partial charge in [0.25, 0.3) is 0 Å². The van der Waals surface area contributed by atoms with E-state index in [4.69, 9.17) is 16.9 Å². The molecule has 0 spiro atoms. The molecule has 0 saturated carbocycles. The van der Waals surface area contributed by atoms with Gasteiger partial charge in [0, 0.05) is 11.6 Å². The molecule has 0 radical (unpaired) electrons. The maximum atomic E-state index is 12.3. The van der Waals surface area contributed by atoms with Gasteiger partial charge in [-0.1, -0.05) is 18.5 Å². The fraction of sp³-hybridized carbons (Fsp3) is 0.429. The van der Waals surface area contributed by atoms with Crippen molar-refractivity contribution >= 4 is 23.2 Å². The zero-order chi connectivity index (χ0) is 13.8. The zero-order valence-corrected chi connectivity index (χ0v) is 11.6. The Balaban J connectivity index is 2.22. The SMILES string of the molecule is CCCNC1CCN(c2cc(Cl)ccc2C#N)C1=O. The first-order valence-corrected chi connectivity index (χ1v) is 6.79. The standard InChI is InChI=1S/C14H16ClN3O/c1-2-6-17-12-5-7-18(14(12)19)13-8-11(15)4-3-10(13)9-16/h3-4,8,12,17H,2,5-7H2,1H3. The number of nitrogens with one attached hydrogen (secondary N) is 1. The van der Waals surface area contributed by atoms with Gasteiger partial charge in [0.2, 0.25) is 5.91 Å². The number of halogens is 1. The second-order valence-electron chi connectivity index (χ2n) is 4.56. The summed E-state index contributed by atoms with van der Waals surface area (Å²) in [6.07, 6.45) is 1.75. The molecule has 0 aliphatic carbocycles. The molecule has 1 N–H and O–H groups in total. The first-order valence-electron chi connectivity index (χ1n) is 6.41. The van der Waals surface area contributed by atoms with Gasteiger partial charge in [0.05, 0.1) is 17.3 Å². The van der Waals surface area contributed by atoms with Crippen molar-refractivity contribution in [2.75, 3.05) is 18.0 Å². The molecule has 1 aromatic carbocycles. The molecule has 100 valence electrons. The Kier molecular flexibility index (Phi) is 4.41. The van der Waals surface area contributed by atoms with Crippen molar-refractivity contribution in [3.8, 4) is 6.07 Å². The maximum Gasteiger partial charge on any atom is 0.244 e. The number of nitrogens with zero attached hydrogens (tertiary/aromatic N) is 2. The van der Waals surface area contributed by atoms with Gasteiger partial charge in [-0.3, -0.25) is 4.79 Å². The van der Waals surface area contributed by atoms with Gasteiger partial charge in [-0.15, -0.1) is 0 Å². The molecule has 4 nitrogen and oxygen atoms in total. The predicted molar refractivity (Wildman–Crippen MR) is 75.2 cm³/mol. The highest BCUT2D eigenvalue weighted by atomic mass is 35.5. The monoisotopic (exact) mass is 277 g/mol. The summed E-state index contributed by atoms with van der Waals surface area (Å²) in [4.78, 5) is 14.0. The molecule has 0 bridgehead atoms. The summed E-state index contributed by atoms with van der Waals surface area (Å²) < 4.78 is 0. The highest BCUT2D eigenvalue weighted by Gasteiger charge is 2.33. The van der Waals surface area contributed by atoms with Crippen molar-refractivity contribution in [1.29, 1.82) is 5.26 Å². The molecular weight excluding hydrogens is 262 g/mol. The van der Waals surface area contributed by atoms with Crippen LogP contribution in [0, 0.1) is 11.3 Å². The first kappa shape index (κ1) is 13.9. The number of carbonyl (C=O) groups excluding carboxylic acids is 1. The minimum atomic E-state index is -0.148. The van der Waals surface area contributed by atoms with Crippen molar-refractivity contribution in [2.45, 2.75) is 25.8 Å². The van der Waals surface area contributed by atoms with E-state index in [1.165, 1.54) is 0 Å². The molecule has 0 aromatic heterocycles. The third-order valence-electron chi connectivity index (χ3n) is 3.22. The van der Waals surface area contributed by atoms with Crippen LogP contribution in [0.2, 0.25) is 5.02 Å². The topological polar surface area (TPSA) is 56.1 Å². The lowest BCUT2D eigenvalue weighted by Crippen LogP contribution is -2.38. The van der Waals surface area contributed by atoms with Gasteiger partial charge in [-0.2, -0.15) is 5.26 Å². The predicted octanol–water partition coefficient (Wildman–Crippen LogP) is 2.32. The number of rotatable bonds is 4. The second kappa shape index (κ2) is 6.05. The Labute approximate surface area is 118 Å². The number of nitriles is 1. The third-order valence-corrected chi connectivity index (χ3v) is 3.45. The van der Waals surface area contributed by atoms with Crippen LogP contribution in [0.4, 0.5) is 5.69 Å². The minimum absolute atomic E-state index is 0.0206. The molecule has 5 heteroatoms. The van der Waals surface area contributed by atoms with Gasteiger partial charge < -0.3 is 10.2 Å². The molecule has 1 aliphatic rings. The average molecular weight is 278 g/mol. The molecule has 1 saturated heterocycles. The number of anilines is 1. The molecule has 1 fully saturated rings. The lowest BCUT2D eigenvalue weighted by atomic mass is 10.2. The van der Waals surface area contributed by atoms with Crippen LogP contribution in [0.5, 0.6) is 0 Å². The van der Waals surface area contributed by atoms with Crippen molar-refractivity contribution in [1.82, 2.24) is 5.32 Å². The molecule has 1 heterocycles. The van der Waals surface area contributed by atoms with Crippen molar-refractivity contribution < 1.29 is 4.79 Å². The Morgan fingerprint density at radius 1 is 1.58 bits per heavy atom. The van der Waals surface area contributed by atoms with Gasteiger partial charge >= 0.3 is 0 Å². The largest absolute Gasteiger partial charge is 0.310 e. The van der Waals surface area contributed by atoms with E-state index in [2.05, 4.69) is 18.3 Å². The fourth-order valence-corrected chi connectivity index (χ4v) is 2.42. The summed E-state index contributed by atoms with van der Waals surface area (Å²) in [5, 5.41) is 12.9. The highest BCUT2D eigenvalue weighted by molar-refractivity contribution is 6.31. The Morgan fingerprint density at radius 3 is 3.05 bits per heavy atom. The van der Waals surface area contributed by atoms with Crippen LogP contribution in [0.1, 0.15) is 25.3 Å². The summed E-state index contributed by atoms with van der Waals surface area (Å²) in [6, 6.07) is 6.95. The van der Waals surface area contributed by atoms with Crippen molar-refractivity contribution in [2.24, 2.45) is 0 Å². The van der Waals surface area contributed by atoms with Crippen LogP contribution in [0.15, 0.2) is 18.2 Å². The normalized spacial score (nSPS) is 18.7. The van der Waals surface area contributed by atoms with E-state index in [1.807, 2.05) is 0 Å². The average Bonchev–Trinajstić information content (AvgIpc) is 2.77. The fourth-order valence-electron chi connectivity index (χ4n) is 2.25. The molecule has 1 atom stereocenters. The minimum Gasteiger partial charge on any atom is -0.310 e.